The highest BCUT2D eigenvalue weighted by Crippen LogP contribution is 2.29. The minimum Gasteiger partial charge on any atom is -0.478 e. The van der Waals surface area contributed by atoms with Crippen molar-refractivity contribution in [2.24, 2.45) is 0 Å². The van der Waals surface area contributed by atoms with Crippen molar-refractivity contribution in [1.29, 1.82) is 0 Å². The van der Waals surface area contributed by atoms with Crippen molar-refractivity contribution in [2.45, 2.75) is 51.8 Å². The molecule has 2 heterocycles. The molecule has 2 aliphatic heterocycles. The number of hydrogen-bond acceptors (Lipinski definition) is 7. The first-order valence-electron chi connectivity index (χ1n) is 10.8. The number of anilines is 1. The van der Waals surface area contributed by atoms with Crippen LogP contribution in [-0.4, -0.2) is 71.7 Å². The molecule has 11 heteroatoms. The number of imide groups is 1. The van der Waals surface area contributed by atoms with E-state index >= 15 is 0 Å². The first-order valence-corrected chi connectivity index (χ1v) is 11.2. The van der Waals surface area contributed by atoms with Gasteiger partial charge < -0.3 is 25.0 Å². The Morgan fingerprint density at radius 1 is 1.21 bits per heavy atom. The fraction of sp³-hybridized carbons (Fsp3) is 0.545. The van der Waals surface area contributed by atoms with Crippen LogP contribution >= 0.6 is 11.6 Å². The van der Waals surface area contributed by atoms with Crippen molar-refractivity contribution in [2.75, 3.05) is 31.1 Å². The lowest BCUT2D eigenvalue weighted by atomic mass is 10.0. The Balaban J connectivity index is 1.71. The van der Waals surface area contributed by atoms with Crippen molar-refractivity contribution in [1.82, 2.24) is 15.5 Å². The third-order valence-electron chi connectivity index (χ3n) is 5.45. The summed E-state index contributed by atoms with van der Waals surface area (Å²) in [6.45, 7) is 7.52. The quantitative estimate of drug-likeness (QED) is 0.546. The zero-order valence-electron chi connectivity index (χ0n) is 18.9. The van der Waals surface area contributed by atoms with E-state index in [4.69, 9.17) is 16.3 Å². The number of nitrogens with zero attached hydrogens (tertiary/aromatic N) is 2. The van der Waals surface area contributed by atoms with Gasteiger partial charge in [-0.15, -0.1) is 0 Å². The number of carboxylic acids is 1. The molecule has 2 saturated heterocycles. The van der Waals surface area contributed by atoms with Crippen molar-refractivity contribution in [3.05, 3.63) is 28.3 Å². The molecule has 0 aromatic heterocycles. The number of carboxylic acid groups (broad SMARTS) is 1. The minimum absolute atomic E-state index is 0.0346. The molecule has 0 spiro atoms. The molecular weight excluding hydrogens is 452 g/mol. The normalized spacial score (nSPS) is 19.3. The Bertz CT molecular complexity index is 953. The maximum Gasteiger partial charge on any atom is 0.410 e. The molecule has 1 atom stereocenters. The molecule has 2 aliphatic rings. The van der Waals surface area contributed by atoms with E-state index in [1.54, 1.807) is 17.0 Å². The second-order valence-corrected chi connectivity index (χ2v) is 9.51. The number of carbonyl (C=O) groups is 4. The van der Waals surface area contributed by atoms with Gasteiger partial charge in [0.15, 0.2) is 0 Å². The van der Waals surface area contributed by atoms with E-state index in [0.29, 0.717) is 38.2 Å². The lowest BCUT2D eigenvalue weighted by Gasteiger charge is -2.37. The molecule has 1 aromatic rings. The van der Waals surface area contributed by atoms with Crippen LogP contribution in [0, 0.1) is 0 Å². The van der Waals surface area contributed by atoms with Crippen molar-refractivity contribution < 1.29 is 29.0 Å². The first-order chi connectivity index (χ1) is 15.4. The second-order valence-electron chi connectivity index (χ2n) is 9.11. The highest BCUT2D eigenvalue weighted by molar-refractivity contribution is 6.34. The van der Waals surface area contributed by atoms with Crippen LogP contribution in [0.25, 0.3) is 0 Å². The van der Waals surface area contributed by atoms with Gasteiger partial charge in [-0.2, -0.15) is 0 Å². The summed E-state index contributed by atoms with van der Waals surface area (Å²) in [5.41, 5.74) is 0.560. The zero-order chi connectivity index (χ0) is 24.3. The Morgan fingerprint density at radius 3 is 2.45 bits per heavy atom. The molecule has 180 valence electrons. The molecule has 2 fully saturated rings. The van der Waals surface area contributed by atoms with Crippen LogP contribution in [0.3, 0.4) is 0 Å². The highest BCUT2D eigenvalue weighted by Gasteiger charge is 2.29. The summed E-state index contributed by atoms with van der Waals surface area (Å²) in [6, 6.07) is 2.74. The van der Waals surface area contributed by atoms with Crippen LogP contribution in [0.1, 0.15) is 49.5 Å². The predicted molar refractivity (Wildman–Crippen MR) is 121 cm³/mol. The number of hydrogen-bond donors (Lipinski definition) is 3. The van der Waals surface area contributed by atoms with Gasteiger partial charge in [0.2, 0.25) is 11.8 Å². The molecule has 3 N–H and O–H groups in total. The number of rotatable bonds is 5. The predicted octanol–water partition coefficient (Wildman–Crippen LogP) is 1.99. The van der Waals surface area contributed by atoms with Gasteiger partial charge >= 0.3 is 12.1 Å². The molecule has 0 aliphatic carbocycles. The lowest BCUT2D eigenvalue weighted by Crippen LogP contribution is -2.50. The zero-order valence-corrected chi connectivity index (χ0v) is 19.7. The molecule has 33 heavy (non-hydrogen) atoms. The van der Waals surface area contributed by atoms with Gasteiger partial charge in [0.25, 0.3) is 0 Å². The van der Waals surface area contributed by atoms with Crippen LogP contribution in [0.5, 0.6) is 0 Å². The number of nitrogens with one attached hydrogen (secondary N) is 2. The average Bonchev–Trinajstić information content (AvgIpc) is 2.71. The molecule has 3 amide bonds. The molecule has 1 aromatic carbocycles. The van der Waals surface area contributed by atoms with Gasteiger partial charge in [-0.25, -0.2) is 9.59 Å². The van der Waals surface area contributed by atoms with Crippen LogP contribution in [-0.2, 0) is 20.9 Å². The van der Waals surface area contributed by atoms with Crippen LogP contribution in [0.4, 0.5) is 10.5 Å². The smallest absolute Gasteiger partial charge is 0.410 e. The topological polar surface area (TPSA) is 128 Å². The number of benzene rings is 1. The average molecular weight is 481 g/mol. The van der Waals surface area contributed by atoms with E-state index in [1.165, 1.54) is 0 Å². The maximum atomic E-state index is 12.3. The Kier molecular flexibility index (Phi) is 7.48. The SMILES string of the molecule is CC(C)(C)OC(=O)N1CCN(c2cc(Cl)c(C(=O)O)c(CNC3CCC(=O)NC3=O)c2)CC1. The highest BCUT2D eigenvalue weighted by atomic mass is 35.5. The largest absolute Gasteiger partial charge is 0.478 e. The Hall–Kier alpha value is -2.85. The van der Waals surface area contributed by atoms with Crippen molar-refractivity contribution in [3.8, 4) is 0 Å². The van der Waals surface area contributed by atoms with Gasteiger partial charge in [0, 0.05) is 44.8 Å². The minimum atomic E-state index is -1.17. The Labute approximate surface area is 197 Å². The van der Waals surface area contributed by atoms with Gasteiger partial charge in [0.1, 0.15) is 5.60 Å². The van der Waals surface area contributed by atoms with E-state index in [-0.39, 0.29) is 35.6 Å². The summed E-state index contributed by atoms with van der Waals surface area (Å²) in [5, 5.41) is 15.0. The van der Waals surface area contributed by atoms with E-state index < -0.39 is 23.5 Å². The maximum absolute atomic E-state index is 12.3. The van der Waals surface area contributed by atoms with Crippen molar-refractivity contribution in [3.63, 3.8) is 0 Å². The summed E-state index contributed by atoms with van der Waals surface area (Å²) >= 11 is 6.33. The number of ether oxygens (including phenoxy) is 1. The van der Waals surface area contributed by atoms with E-state index in [2.05, 4.69) is 10.6 Å². The molecule has 0 radical (unpaired) electrons. The number of halogens is 1. The van der Waals surface area contributed by atoms with Crippen LogP contribution in [0.2, 0.25) is 5.02 Å². The summed E-state index contributed by atoms with van der Waals surface area (Å²) in [4.78, 5) is 51.1. The molecule has 0 bridgehead atoms. The third-order valence-corrected chi connectivity index (χ3v) is 5.74. The van der Waals surface area contributed by atoms with Gasteiger partial charge in [0.05, 0.1) is 16.6 Å². The van der Waals surface area contributed by atoms with E-state index in [0.717, 1.165) is 5.69 Å². The standard InChI is InChI=1S/C22H29ClN4O6/c1-22(2,3)33-21(32)27-8-6-26(7-9-27)14-10-13(18(20(30)31)15(23)11-14)12-24-16-4-5-17(28)25-19(16)29/h10-11,16,24H,4-9,12H2,1-3H3,(H,30,31)(H,25,28,29). The number of piperazine rings is 1. The summed E-state index contributed by atoms with van der Waals surface area (Å²) in [5.74, 6) is -1.91. The first kappa shape index (κ1) is 24.8. The fourth-order valence-electron chi connectivity index (χ4n) is 3.80. The molecule has 0 saturated carbocycles. The molecule has 10 nitrogen and oxygen atoms in total. The monoisotopic (exact) mass is 480 g/mol. The summed E-state index contributed by atoms with van der Waals surface area (Å²) < 4.78 is 5.42. The molecule has 1 unspecified atom stereocenters. The number of piperidine rings is 1. The fourth-order valence-corrected chi connectivity index (χ4v) is 4.12. The number of aromatic carboxylic acids is 1. The second kappa shape index (κ2) is 9.96. The van der Waals surface area contributed by atoms with Crippen LogP contribution in [0.15, 0.2) is 12.1 Å². The number of carbonyl (C=O) groups excluding carboxylic acids is 3. The van der Waals surface area contributed by atoms with Gasteiger partial charge in [-0.05, 0) is 44.9 Å². The van der Waals surface area contributed by atoms with Crippen molar-refractivity contribution >= 4 is 41.2 Å². The third kappa shape index (κ3) is 6.35. The van der Waals surface area contributed by atoms with Crippen LogP contribution < -0.4 is 15.5 Å². The van der Waals surface area contributed by atoms with Gasteiger partial charge in [-0.1, -0.05) is 11.6 Å². The Morgan fingerprint density at radius 2 is 1.88 bits per heavy atom. The van der Waals surface area contributed by atoms with Gasteiger partial charge in [-0.3, -0.25) is 14.9 Å². The summed E-state index contributed by atoms with van der Waals surface area (Å²) in [6.07, 6.45) is 0.195. The molecule has 3 rings (SSSR count). The van der Waals surface area contributed by atoms with E-state index in [1.807, 2.05) is 25.7 Å². The van der Waals surface area contributed by atoms with E-state index in [9.17, 15) is 24.3 Å². The summed E-state index contributed by atoms with van der Waals surface area (Å²) in [7, 11) is 0. The number of amides is 3. The lowest BCUT2D eigenvalue weighted by molar-refractivity contribution is -0.134. The molecular formula is C22H29ClN4O6.